The number of sulfonamides is 1. The van der Waals surface area contributed by atoms with Crippen LogP contribution in [0.3, 0.4) is 0 Å². The molecule has 7 nitrogen and oxygen atoms in total. The van der Waals surface area contributed by atoms with Crippen molar-refractivity contribution in [2.45, 2.75) is 50.8 Å². The van der Waals surface area contributed by atoms with Crippen molar-refractivity contribution in [3.05, 3.63) is 64.2 Å². The highest BCUT2D eigenvalue weighted by atomic mass is 32.2. The predicted molar refractivity (Wildman–Crippen MR) is 120 cm³/mol. The number of nitrogens with one attached hydrogen (secondary N) is 2. The number of nitrogens with zero attached hydrogens (tertiary/aromatic N) is 1. The largest absolute Gasteiger partial charge is 0.393 e. The molecule has 1 amide bonds. The van der Waals surface area contributed by atoms with E-state index in [9.17, 15) is 18.3 Å². The summed E-state index contributed by atoms with van der Waals surface area (Å²) in [4.78, 5) is 15.1. The second-order valence-corrected chi connectivity index (χ2v) is 9.99. The maximum Gasteiger partial charge on any atom is 0.251 e. The van der Waals surface area contributed by atoms with Crippen molar-refractivity contribution in [2.24, 2.45) is 0 Å². The molecule has 0 radical (unpaired) electrons. The lowest BCUT2D eigenvalue weighted by atomic mass is 10.1. The fourth-order valence-electron chi connectivity index (χ4n) is 3.73. The molecule has 168 valence electrons. The number of amides is 1. The van der Waals surface area contributed by atoms with E-state index in [-0.39, 0.29) is 16.9 Å². The number of hydrogen-bond donors (Lipinski definition) is 3. The summed E-state index contributed by atoms with van der Waals surface area (Å²) in [6, 6.07) is 11.2. The number of benzene rings is 2. The van der Waals surface area contributed by atoms with Gasteiger partial charge in [0.25, 0.3) is 5.91 Å². The van der Waals surface area contributed by atoms with Crippen LogP contribution in [0.5, 0.6) is 0 Å². The fraction of sp³-hybridized carbons (Fsp3) is 0.435. The van der Waals surface area contributed by atoms with Gasteiger partial charge in [-0.2, -0.15) is 0 Å². The Morgan fingerprint density at radius 1 is 1.10 bits per heavy atom. The zero-order valence-electron chi connectivity index (χ0n) is 18.3. The highest BCUT2D eigenvalue weighted by Gasteiger charge is 2.19. The van der Waals surface area contributed by atoms with Gasteiger partial charge in [-0.3, -0.25) is 9.69 Å². The molecule has 31 heavy (non-hydrogen) atoms. The maximum atomic E-state index is 12.7. The van der Waals surface area contributed by atoms with Crippen LogP contribution >= 0.6 is 0 Å². The minimum Gasteiger partial charge on any atom is -0.393 e. The zero-order chi connectivity index (χ0) is 22.6. The van der Waals surface area contributed by atoms with Crippen molar-refractivity contribution in [1.29, 1.82) is 0 Å². The molecule has 1 aliphatic heterocycles. The van der Waals surface area contributed by atoms with Gasteiger partial charge >= 0.3 is 0 Å². The van der Waals surface area contributed by atoms with Crippen LogP contribution in [0.15, 0.2) is 41.3 Å². The first kappa shape index (κ1) is 23.4. The van der Waals surface area contributed by atoms with Crippen LogP contribution < -0.4 is 10.0 Å². The van der Waals surface area contributed by atoms with Gasteiger partial charge in [0.15, 0.2) is 0 Å². The average molecular weight is 446 g/mol. The van der Waals surface area contributed by atoms with Crippen LogP contribution in [-0.4, -0.2) is 50.6 Å². The third-order valence-corrected chi connectivity index (χ3v) is 7.42. The standard InChI is InChI=1S/C23H31N3O4S/c1-16-12-20(13-22(17(16)2)31(29,30)24-3)23(28)25-14-18-4-6-19(7-5-18)15-26-10-8-21(27)9-11-26/h4-7,12-13,21,24,27H,8-11,14-15H2,1-3H3,(H,25,28). The van der Waals surface area contributed by atoms with Gasteiger partial charge in [-0.15, -0.1) is 0 Å². The number of aliphatic hydroxyl groups excluding tert-OH is 1. The fourth-order valence-corrected chi connectivity index (χ4v) is 4.80. The Labute approximate surface area is 184 Å². The van der Waals surface area contributed by atoms with Gasteiger partial charge in [-0.1, -0.05) is 24.3 Å². The molecule has 0 aliphatic carbocycles. The number of carbonyl (C=O) groups excluding carboxylic acids is 1. The molecule has 1 aliphatic rings. The molecule has 0 atom stereocenters. The molecule has 1 fully saturated rings. The van der Waals surface area contributed by atoms with Crippen molar-refractivity contribution in [3.63, 3.8) is 0 Å². The molecule has 0 bridgehead atoms. The SMILES string of the molecule is CNS(=O)(=O)c1cc(C(=O)NCc2ccc(CN3CCC(O)CC3)cc2)cc(C)c1C. The van der Waals surface area contributed by atoms with Gasteiger partial charge in [0.1, 0.15) is 0 Å². The predicted octanol–water partition coefficient (Wildman–Crippen LogP) is 2.10. The van der Waals surface area contributed by atoms with Crippen LogP contribution in [-0.2, 0) is 23.1 Å². The van der Waals surface area contributed by atoms with Crippen molar-refractivity contribution < 1.29 is 18.3 Å². The normalized spacial score (nSPS) is 15.7. The third-order valence-electron chi connectivity index (χ3n) is 5.88. The summed E-state index contributed by atoms with van der Waals surface area (Å²) in [5, 5.41) is 12.5. The monoisotopic (exact) mass is 445 g/mol. The molecule has 0 aromatic heterocycles. The molecule has 1 heterocycles. The van der Waals surface area contributed by atoms with Gasteiger partial charge in [0.05, 0.1) is 11.0 Å². The molecule has 0 saturated carbocycles. The lowest BCUT2D eigenvalue weighted by Gasteiger charge is -2.29. The molecule has 3 rings (SSSR count). The van der Waals surface area contributed by atoms with Gasteiger partial charge in [-0.25, -0.2) is 13.1 Å². The van der Waals surface area contributed by atoms with Gasteiger partial charge in [0, 0.05) is 31.7 Å². The number of likely N-dealkylation sites (tertiary alicyclic amines) is 1. The number of rotatable bonds is 7. The van der Waals surface area contributed by atoms with Gasteiger partial charge in [0.2, 0.25) is 10.0 Å². The Balaban J connectivity index is 1.62. The van der Waals surface area contributed by atoms with E-state index in [1.165, 1.54) is 18.7 Å². The van der Waals surface area contributed by atoms with E-state index in [0.717, 1.165) is 43.6 Å². The zero-order valence-corrected chi connectivity index (χ0v) is 19.1. The Kier molecular flexibility index (Phi) is 7.48. The van der Waals surface area contributed by atoms with Crippen molar-refractivity contribution in [1.82, 2.24) is 14.9 Å². The summed E-state index contributed by atoms with van der Waals surface area (Å²) in [5.74, 6) is -0.313. The number of hydrogen-bond acceptors (Lipinski definition) is 5. The van der Waals surface area contributed by atoms with E-state index < -0.39 is 10.0 Å². The van der Waals surface area contributed by atoms with Crippen molar-refractivity contribution in [2.75, 3.05) is 20.1 Å². The van der Waals surface area contributed by atoms with E-state index in [1.807, 2.05) is 12.1 Å². The minimum absolute atomic E-state index is 0.120. The minimum atomic E-state index is -3.64. The Hall–Kier alpha value is -2.26. The molecule has 2 aromatic carbocycles. The van der Waals surface area contributed by atoms with E-state index >= 15 is 0 Å². The highest BCUT2D eigenvalue weighted by Crippen LogP contribution is 2.21. The first-order valence-electron chi connectivity index (χ1n) is 10.5. The van der Waals surface area contributed by atoms with E-state index in [2.05, 4.69) is 27.1 Å². The molecular weight excluding hydrogens is 414 g/mol. The van der Waals surface area contributed by atoms with Crippen LogP contribution in [0.2, 0.25) is 0 Å². The summed E-state index contributed by atoms with van der Waals surface area (Å²) in [6.07, 6.45) is 1.47. The average Bonchev–Trinajstić information content (AvgIpc) is 2.76. The molecule has 2 aromatic rings. The quantitative estimate of drug-likeness (QED) is 0.606. The van der Waals surface area contributed by atoms with Crippen LogP contribution in [0.1, 0.15) is 45.5 Å². The molecule has 1 saturated heterocycles. The van der Waals surface area contributed by atoms with Crippen LogP contribution in [0, 0.1) is 13.8 Å². The number of carbonyl (C=O) groups is 1. The molecule has 8 heteroatoms. The first-order valence-corrected chi connectivity index (χ1v) is 12.0. The molecule has 0 spiro atoms. The topological polar surface area (TPSA) is 98.7 Å². The number of piperidine rings is 1. The summed E-state index contributed by atoms with van der Waals surface area (Å²) < 4.78 is 26.8. The summed E-state index contributed by atoms with van der Waals surface area (Å²) >= 11 is 0. The second kappa shape index (κ2) is 9.91. The van der Waals surface area contributed by atoms with Gasteiger partial charge < -0.3 is 10.4 Å². The number of aryl methyl sites for hydroxylation is 1. The Morgan fingerprint density at radius 3 is 2.32 bits per heavy atom. The van der Waals surface area contributed by atoms with E-state index in [4.69, 9.17) is 0 Å². The maximum absolute atomic E-state index is 12.7. The van der Waals surface area contributed by atoms with Crippen molar-refractivity contribution >= 4 is 15.9 Å². The first-order chi connectivity index (χ1) is 14.7. The van der Waals surface area contributed by atoms with E-state index in [1.54, 1.807) is 19.9 Å². The Bertz CT molecular complexity index is 1030. The summed E-state index contributed by atoms with van der Waals surface area (Å²) in [7, 11) is -2.29. The molecule has 3 N–H and O–H groups in total. The van der Waals surface area contributed by atoms with Crippen LogP contribution in [0.4, 0.5) is 0 Å². The molecule has 0 unspecified atom stereocenters. The number of aliphatic hydroxyl groups is 1. The highest BCUT2D eigenvalue weighted by molar-refractivity contribution is 7.89. The Morgan fingerprint density at radius 2 is 1.71 bits per heavy atom. The van der Waals surface area contributed by atoms with Gasteiger partial charge in [-0.05, 0) is 68.1 Å². The smallest absolute Gasteiger partial charge is 0.251 e. The summed E-state index contributed by atoms with van der Waals surface area (Å²) in [5.41, 5.74) is 3.86. The molecular formula is C23H31N3O4S. The summed E-state index contributed by atoms with van der Waals surface area (Å²) in [6.45, 7) is 6.54. The lowest BCUT2D eigenvalue weighted by molar-refractivity contribution is 0.0792. The second-order valence-electron chi connectivity index (χ2n) is 8.13. The third kappa shape index (κ3) is 5.92. The van der Waals surface area contributed by atoms with Crippen LogP contribution in [0.25, 0.3) is 0 Å². The van der Waals surface area contributed by atoms with Crippen molar-refractivity contribution in [3.8, 4) is 0 Å². The lowest BCUT2D eigenvalue weighted by Crippen LogP contribution is -2.35. The van der Waals surface area contributed by atoms with E-state index in [0.29, 0.717) is 17.7 Å².